The van der Waals surface area contributed by atoms with E-state index < -0.39 is 0 Å². The number of thiophene rings is 1. The van der Waals surface area contributed by atoms with Crippen molar-refractivity contribution in [2.45, 2.75) is 39.7 Å². The van der Waals surface area contributed by atoms with Crippen LogP contribution in [-0.2, 0) is 17.8 Å². The molecule has 0 aromatic carbocycles. The van der Waals surface area contributed by atoms with Crippen LogP contribution in [0.25, 0.3) is 6.08 Å². The first-order valence-corrected chi connectivity index (χ1v) is 9.08. The molecule has 0 atom stereocenters. The van der Waals surface area contributed by atoms with Gasteiger partial charge in [0.2, 0.25) is 5.91 Å². The maximum absolute atomic E-state index is 11.9. The third kappa shape index (κ3) is 5.22. The van der Waals surface area contributed by atoms with Gasteiger partial charge in [0.05, 0.1) is 5.69 Å². The van der Waals surface area contributed by atoms with E-state index in [1.807, 2.05) is 18.4 Å². The summed E-state index contributed by atoms with van der Waals surface area (Å²) in [6.45, 7) is 5.47. The molecule has 1 N–H and O–H groups in total. The Hall–Kier alpha value is -1.59. The number of hydrogen-bond donors (Lipinski definition) is 1. The number of aryl methyl sites for hydroxylation is 2. The molecule has 0 aliphatic carbocycles. The number of nitrogens with zero attached hydrogens (tertiary/aromatic N) is 2. The topological polar surface area (TPSA) is 46.9 Å². The Bertz CT molecular complexity index is 662. The van der Waals surface area contributed by atoms with Crippen molar-refractivity contribution >= 4 is 34.9 Å². The molecule has 0 radical (unpaired) electrons. The summed E-state index contributed by atoms with van der Waals surface area (Å²) in [5.74, 6) is -0.113. The Kier molecular flexibility index (Phi) is 6.86. The van der Waals surface area contributed by atoms with Crippen LogP contribution in [0.2, 0.25) is 5.15 Å². The third-order valence-electron chi connectivity index (χ3n) is 3.48. The fourth-order valence-corrected chi connectivity index (χ4v) is 3.23. The summed E-state index contributed by atoms with van der Waals surface area (Å²) in [6, 6.07) is 4.09. The van der Waals surface area contributed by atoms with Crippen molar-refractivity contribution in [1.82, 2.24) is 15.1 Å². The Morgan fingerprint density at radius 2 is 2.35 bits per heavy atom. The molecule has 2 rings (SSSR count). The first-order chi connectivity index (χ1) is 11.1. The maximum Gasteiger partial charge on any atom is 0.244 e. The molecule has 4 nitrogen and oxygen atoms in total. The predicted octanol–water partition coefficient (Wildman–Crippen LogP) is 4.08. The van der Waals surface area contributed by atoms with Gasteiger partial charge in [-0.25, -0.2) is 0 Å². The molecular formula is C17H22ClN3OS. The van der Waals surface area contributed by atoms with Gasteiger partial charge in [-0.2, -0.15) is 5.10 Å². The number of rotatable bonds is 8. The predicted molar refractivity (Wildman–Crippen MR) is 96.9 cm³/mol. The number of aromatic nitrogens is 2. The molecule has 0 saturated heterocycles. The average Bonchev–Trinajstić information content (AvgIpc) is 3.12. The van der Waals surface area contributed by atoms with Crippen LogP contribution in [0.15, 0.2) is 23.6 Å². The van der Waals surface area contributed by atoms with Gasteiger partial charge in [0, 0.05) is 29.6 Å². The van der Waals surface area contributed by atoms with Crippen molar-refractivity contribution < 1.29 is 4.79 Å². The SMILES string of the molecule is CCCCn1nc(C)c(C=CC(=O)NCCc2cccs2)c1Cl. The van der Waals surface area contributed by atoms with Crippen LogP contribution >= 0.6 is 22.9 Å². The van der Waals surface area contributed by atoms with Gasteiger partial charge in [0.1, 0.15) is 5.15 Å². The Morgan fingerprint density at radius 3 is 3.04 bits per heavy atom. The van der Waals surface area contributed by atoms with E-state index in [1.54, 1.807) is 22.1 Å². The van der Waals surface area contributed by atoms with E-state index in [0.29, 0.717) is 11.7 Å². The molecule has 0 fully saturated rings. The van der Waals surface area contributed by atoms with E-state index in [9.17, 15) is 4.79 Å². The van der Waals surface area contributed by atoms with Crippen molar-refractivity contribution in [3.63, 3.8) is 0 Å². The molecule has 0 saturated carbocycles. The second-order valence-electron chi connectivity index (χ2n) is 5.32. The number of amides is 1. The van der Waals surface area contributed by atoms with E-state index in [2.05, 4.69) is 23.4 Å². The zero-order valence-corrected chi connectivity index (χ0v) is 15.1. The maximum atomic E-state index is 11.9. The Morgan fingerprint density at radius 1 is 1.52 bits per heavy atom. The molecule has 6 heteroatoms. The number of unbranched alkanes of at least 4 members (excludes halogenated alkanes) is 1. The highest BCUT2D eigenvalue weighted by atomic mass is 35.5. The normalized spacial score (nSPS) is 11.3. The molecule has 0 bridgehead atoms. The summed E-state index contributed by atoms with van der Waals surface area (Å²) in [5, 5.41) is 9.94. The van der Waals surface area contributed by atoms with Crippen molar-refractivity contribution in [2.24, 2.45) is 0 Å². The van der Waals surface area contributed by atoms with Crippen LogP contribution in [-0.4, -0.2) is 22.2 Å². The Balaban J connectivity index is 1.88. The molecule has 0 aliphatic heterocycles. The van der Waals surface area contributed by atoms with Crippen molar-refractivity contribution in [2.75, 3.05) is 6.54 Å². The summed E-state index contributed by atoms with van der Waals surface area (Å²) in [7, 11) is 0. The lowest BCUT2D eigenvalue weighted by atomic mass is 10.2. The van der Waals surface area contributed by atoms with E-state index in [0.717, 1.165) is 37.1 Å². The van der Waals surface area contributed by atoms with E-state index >= 15 is 0 Å². The first kappa shape index (κ1) is 17.8. The number of carbonyl (C=O) groups excluding carboxylic acids is 1. The van der Waals surface area contributed by atoms with Gasteiger partial charge in [-0.05, 0) is 37.3 Å². The highest BCUT2D eigenvalue weighted by Gasteiger charge is 2.10. The smallest absolute Gasteiger partial charge is 0.244 e. The Labute approximate surface area is 146 Å². The quantitative estimate of drug-likeness (QED) is 0.728. The van der Waals surface area contributed by atoms with Crippen LogP contribution in [0.1, 0.15) is 35.9 Å². The second kappa shape index (κ2) is 8.89. The first-order valence-electron chi connectivity index (χ1n) is 7.83. The number of nitrogens with one attached hydrogen (secondary N) is 1. The highest BCUT2D eigenvalue weighted by Crippen LogP contribution is 2.21. The molecule has 1 amide bonds. The summed E-state index contributed by atoms with van der Waals surface area (Å²) in [4.78, 5) is 13.2. The highest BCUT2D eigenvalue weighted by molar-refractivity contribution is 7.09. The standard InChI is InChI=1S/C17H22ClN3OS/c1-3-4-11-21-17(18)15(13(2)20-21)7-8-16(22)19-10-9-14-6-5-12-23-14/h5-8,12H,3-4,9-11H2,1-2H3,(H,19,22). The average molecular weight is 352 g/mol. The molecular weight excluding hydrogens is 330 g/mol. The van der Waals surface area contributed by atoms with Crippen molar-refractivity contribution in [1.29, 1.82) is 0 Å². The minimum absolute atomic E-state index is 0.113. The summed E-state index contributed by atoms with van der Waals surface area (Å²) < 4.78 is 1.80. The fraction of sp³-hybridized carbons (Fsp3) is 0.412. The van der Waals surface area contributed by atoms with E-state index in [4.69, 9.17) is 11.6 Å². The van der Waals surface area contributed by atoms with Gasteiger partial charge in [-0.3, -0.25) is 9.48 Å². The van der Waals surface area contributed by atoms with Gasteiger partial charge in [0.15, 0.2) is 0 Å². The minimum Gasteiger partial charge on any atom is -0.352 e. The molecule has 0 aliphatic rings. The number of halogens is 1. The van der Waals surface area contributed by atoms with Crippen molar-refractivity contribution in [3.05, 3.63) is 44.9 Å². The monoisotopic (exact) mass is 351 g/mol. The van der Waals surface area contributed by atoms with Crippen LogP contribution in [0, 0.1) is 6.92 Å². The van der Waals surface area contributed by atoms with Crippen molar-refractivity contribution in [3.8, 4) is 0 Å². The lowest BCUT2D eigenvalue weighted by Crippen LogP contribution is -2.23. The van der Waals surface area contributed by atoms with Gasteiger partial charge >= 0.3 is 0 Å². The van der Waals surface area contributed by atoms with Gasteiger partial charge in [-0.15, -0.1) is 11.3 Å². The largest absolute Gasteiger partial charge is 0.352 e. The lowest BCUT2D eigenvalue weighted by Gasteiger charge is -2.01. The molecule has 2 heterocycles. The molecule has 0 unspecified atom stereocenters. The van der Waals surface area contributed by atoms with Gasteiger partial charge < -0.3 is 5.32 Å². The van der Waals surface area contributed by atoms with Crippen LogP contribution < -0.4 is 5.32 Å². The zero-order chi connectivity index (χ0) is 16.7. The van der Waals surface area contributed by atoms with Gasteiger partial charge in [-0.1, -0.05) is 31.0 Å². The van der Waals surface area contributed by atoms with Crippen LogP contribution in [0.5, 0.6) is 0 Å². The molecule has 2 aromatic rings. The number of hydrogen-bond acceptors (Lipinski definition) is 3. The van der Waals surface area contributed by atoms with E-state index in [1.165, 1.54) is 11.0 Å². The summed E-state index contributed by atoms with van der Waals surface area (Å²) in [5.41, 5.74) is 1.66. The van der Waals surface area contributed by atoms with Gasteiger partial charge in [0.25, 0.3) is 0 Å². The van der Waals surface area contributed by atoms with E-state index in [-0.39, 0.29) is 5.91 Å². The summed E-state index contributed by atoms with van der Waals surface area (Å²) in [6.07, 6.45) is 6.24. The lowest BCUT2D eigenvalue weighted by molar-refractivity contribution is -0.116. The third-order valence-corrected chi connectivity index (χ3v) is 4.82. The van der Waals surface area contributed by atoms with Crippen LogP contribution in [0.4, 0.5) is 0 Å². The zero-order valence-electron chi connectivity index (χ0n) is 13.5. The fourth-order valence-electron chi connectivity index (χ4n) is 2.19. The molecule has 2 aromatic heterocycles. The number of carbonyl (C=O) groups is 1. The minimum atomic E-state index is -0.113. The summed E-state index contributed by atoms with van der Waals surface area (Å²) >= 11 is 8.04. The molecule has 124 valence electrons. The van der Waals surface area contributed by atoms with Crippen LogP contribution in [0.3, 0.4) is 0 Å². The molecule has 23 heavy (non-hydrogen) atoms. The molecule has 0 spiro atoms. The second-order valence-corrected chi connectivity index (χ2v) is 6.71.